The van der Waals surface area contributed by atoms with Gasteiger partial charge in [-0.3, -0.25) is 14.8 Å². The van der Waals surface area contributed by atoms with Gasteiger partial charge < -0.3 is 0 Å². The molecule has 0 unspecified atom stereocenters. The third-order valence-corrected chi connectivity index (χ3v) is 6.43. The topological polar surface area (TPSA) is 79.5 Å². The van der Waals surface area contributed by atoms with Crippen molar-refractivity contribution in [1.82, 2.24) is 14.8 Å². The number of sulfonamides is 1. The minimum Gasteiger partial charge on any atom is -0.297 e. The fraction of sp³-hybridized carbons (Fsp3) is 0.261. The van der Waals surface area contributed by atoms with Gasteiger partial charge in [0.1, 0.15) is 0 Å². The van der Waals surface area contributed by atoms with Crippen molar-refractivity contribution in [2.24, 2.45) is 5.14 Å². The van der Waals surface area contributed by atoms with Crippen LogP contribution in [0, 0.1) is 0 Å². The lowest BCUT2D eigenvalue weighted by molar-refractivity contribution is 0.122. The molecule has 2 aromatic carbocycles. The Morgan fingerprint density at radius 1 is 0.700 bits per heavy atom. The maximum Gasteiger partial charge on any atom is 0.238 e. The molecule has 1 aliphatic rings. The van der Waals surface area contributed by atoms with Crippen molar-refractivity contribution in [1.29, 1.82) is 0 Å². The predicted octanol–water partition coefficient (Wildman–Crippen LogP) is 2.71. The molecule has 4 rings (SSSR count). The van der Waals surface area contributed by atoms with Crippen LogP contribution in [0.3, 0.4) is 0 Å². The maximum absolute atomic E-state index is 11.4. The molecule has 7 heteroatoms. The zero-order chi connectivity index (χ0) is 21.0. The van der Waals surface area contributed by atoms with Crippen molar-refractivity contribution >= 4 is 10.0 Å². The highest BCUT2D eigenvalue weighted by Gasteiger charge is 2.17. The standard InChI is InChI=1S/C23H26N4O2S/c24-30(28,29)23-7-5-22(6-8-23)21-3-1-19(2-4-21)17-26-13-15-27(16-14-26)18-20-9-11-25-12-10-20/h1-12H,13-18H2,(H2,24,28,29). The van der Waals surface area contributed by atoms with Crippen molar-refractivity contribution in [3.8, 4) is 11.1 Å². The zero-order valence-electron chi connectivity index (χ0n) is 16.8. The van der Waals surface area contributed by atoms with E-state index in [1.54, 1.807) is 24.3 Å². The Morgan fingerprint density at radius 3 is 1.60 bits per heavy atom. The monoisotopic (exact) mass is 422 g/mol. The molecule has 1 fully saturated rings. The first kappa shape index (κ1) is 20.7. The van der Waals surface area contributed by atoms with Gasteiger partial charge in [-0.25, -0.2) is 13.6 Å². The van der Waals surface area contributed by atoms with Crippen molar-refractivity contribution in [3.63, 3.8) is 0 Å². The highest BCUT2D eigenvalue weighted by Crippen LogP contribution is 2.22. The Kier molecular flexibility index (Phi) is 6.24. The van der Waals surface area contributed by atoms with E-state index in [4.69, 9.17) is 5.14 Å². The van der Waals surface area contributed by atoms with E-state index in [2.05, 4.69) is 51.2 Å². The lowest BCUT2D eigenvalue weighted by atomic mass is 10.0. The summed E-state index contributed by atoms with van der Waals surface area (Å²) in [6.45, 7) is 6.17. The van der Waals surface area contributed by atoms with Crippen molar-refractivity contribution in [2.45, 2.75) is 18.0 Å². The van der Waals surface area contributed by atoms with Crippen LogP contribution in [0.2, 0.25) is 0 Å². The van der Waals surface area contributed by atoms with E-state index in [1.165, 1.54) is 11.1 Å². The number of primary sulfonamides is 1. The maximum atomic E-state index is 11.4. The first-order valence-corrected chi connectivity index (χ1v) is 11.6. The molecule has 30 heavy (non-hydrogen) atoms. The highest BCUT2D eigenvalue weighted by atomic mass is 32.2. The van der Waals surface area contributed by atoms with Crippen molar-refractivity contribution in [3.05, 3.63) is 84.2 Å². The molecule has 0 amide bonds. The second-order valence-corrected chi connectivity index (χ2v) is 9.24. The van der Waals surface area contributed by atoms with E-state index >= 15 is 0 Å². The van der Waals surface area contributed by atoms with Crippen molar-refractivity contribution in [2.75, 3.05) is 26.2 Å². The van der Waals surface area contributed by atoms with Gasteiger partial charge in [0, 0.05) is 51.7 Å². The Labute approximate surface area is 178 Å². The number of pyridine rings is 1. The third kappa shape index (κ3) is 5.31. The van der Waals surface area contributed by atoms with Crippen LogP contribution in [0.15, 0.2) is 78.0 Å². The second-order valence-electron chi connectivity index (χ2n) is 7.67. The summed E-state index contributed by atoms with van der Waals surface area (Å²) in [6.07, 6.45) is 3.70. The Hall–Kier alpha value is -2.58. The number of nitrogens with zero attached hydrogens (tertiary/aromatic N) is 3. The minimum atomic E-state index is -3.66. The van der Waals surface area contributed by atoms with Crippen LogP contribution < -0.4 is 5.14 Å². The van der Waals surface area contributed by atoms with Crippen LogP contribution in [0.5, 0.6) is 0 Å². The fourth-order valence-electron chi connectivity index (χ4n) is 3.75. The van der Waals surface area contributed by atoms with Crippen LogP contribution in [0.1, 0.15) is 11.1 Å². The molecule has 2 heterocycles. The van der Waals surface area contributed by atoms with Gasteiger partial charge >= 0.3 is 0 Å². The molecular formula is C23H26N4O2S. The lowest BCUT2D eigenvalue weighted by Gasteiger charge is -2.34. The van der Waals surface area contributed by atoms with Crippen LogP contribution in [-0.4, -0.2) is 49.4 Å². The SMILES string of the molecule is NS(=O)(=O)c1ccc(-c2ccc(CN3CCN(Cc4ccncc4)CC3)cc2)cc1. The van der Waals surface area contributed by atoms with E-state index in [1.807, 2.05) is 12.4 Å². The number of hydrogen-bond acceptors (Lipinski definition) is 5. The van der Waals surface area contributed by atoms with Crippen LogP contribution in [0.25, 0.3) is 11.1 Å². The largest absolute Gasteiger partial charge is 0.297 e. The molecule has 0 radical (unpaired) electrons. The first-order chi connectivity index (χ1) is 14.5. The molecule has 156 valence electrons. The Bertz CT molecular complexity index is 1060. The van der Waals surface area contributed by atoms with Crippen LogP contribution in [0.4, 0.5) is 0 Å². The number of benzene rings is 2. The molecule has 0 spiro atoms. The number of nitrogens with two attached hydrogens (primary N) is 1. The molecule has 0 bridgehead atoms. The Balaban J connectivity index is 1.31. The number of hydrogen-bond donors (Lipinski definition) is 1. The van der Waals surface area contributed by atoms with E-state index in [9.17, 15) is 8.42 Å². The van der Waals surface area contributed by atoms with E-state index < -0.39 is 10.0 Å². The van der Waals surface area contributed by atoms with Gasteiger partial charge in [-0.15, -0.1) is 0 Å². The van der Waals surface area contributed by atoms with E-state index in [0.29, 0.717) is 0 Å². The van der Waals surface area contributed by atoms with Gasteiger partial charge in [0.25, 0.3) is 0 Å². The minimum absolute atomic E-state index is 0.131. The first-order valence-electron chi connectivity index (χ1n) is 10.0. The smallest absolute Gasteiger partial charge is 0.238 e. The summed E-state index contributed by atoms with van der Waals surface area (Å²) in [5.74, 6) is 0. The third-order valence-electron chi connectivity index (χ3n) is 5.50. The summed E-state index contributed by atoms with van der Waals surface area (Å²) >= 11 is 0. The summed E-state index contributed by atoms with van der Waals surface area (Å²) in [6, 6.07) is 19.3. The summed E-state index contributed by atoms with van der Waals surface area (Å²) in [4.78, 5) is 9.18. The number of rotatable bonds is 6. The average Bonchev–Trinajstić information content (AvgIpc) is 2.76. The normalized spacial score (nSPS) is 15.9. The molecule has 0 aliphatic carbocycles. The molecule has 3 aromatic rings. The number of piperazine rings is 1. The van der Waals surface area contributed by atoms with Crippen LogP contribution in [-0.2, 0) is 23.1 Å². The summed E-state index contributed by atoms with van der Waals surface area (Å²) < 4.78 is 22.8. The Morgan fingerprint density at radius 2 is 1.13 bits per heavy atom. The van der Waals surface area contributed by atoms with Gasteiger partial charge in [0.05, 0.1) is 4.90 Å². The summed E-state index contributed by atoms with van der Waals surface area (Å²) in [5, 5.41) is 5.16. The molecule has 1 aromatic heterocycles. The lowest BCUT2D eigenvalue weighted by Crippen LogP contribution is -2.45. The molecule has 0 atom stereocenters. The molecular weight excluding hydrogens is 396 g/mol. The van der Waals surface area contributed by atoms with Gasteiger partial charge in [0.15, 0.2) is 0 Å². The molecule has 1 aliphatic heterocycles. The predicted molar refractivity (Wildman–Crippen MR) is 118 cm³/mol. The van der Waals surface area contributed by atoms with Crippen molar-refractivity contribution < 1.29 is 8.42 Å². The summed E-state index contributed by atoms with van der Waals surface area (Å²) in [7, 11) is -3.66. The van der Waals surface area contributed by atoms with Gasteiger partial charge in [-0.1, -0.05) is 36.4 Å². The van der Waals surface area contributed by atoms with Gasteiger partial charge in [-0.05, 0) is 46.5 Å². The highest BCUT2D eigenvalue weighted by molar-refractivity contribution is 7.89. The quantitative estimate of drug-likeness (QED) is 0.661. The fourth-order valence-corrected chi connectivity index (χ4v) is 4.27. The second kappa shape index (κ2) is 9.06. The number of aromatic nitrogens is 1. The summed E-state index contributed by atoms with van der Waals surface area (Å²) in [5.41, 5.74) is 4.62. The van der Waals surface area contributed by atoms with E-state index in [0.717, 1.165) is 50.4 Å². The molecule has 2 N–H and O–H groups in total. The van der Waals surface area contributed by atoms with E-state index in [-0.39, 0.29) is 4.90 Å². The average molecular weight is 423 g/mol. The van der Waals surface area contributed by atoms with Crippen LogP contribution >= 0.6 is 0 Å². The van der Waals surface area contributed by atoms with Gasteiger partial charge in [0.2, 0.25) is 10.0 Å². The molecule has 0 saturated carbocycles. The molecule has 1 saturated heterocycles. The zero-order valence-corrected chi connectivity index (χ0v) is 17.6. The van der Waals surface area contributed by atoms with Gasteiger partial charge in [-0.2, -0.15) is 0 Å². The molecule has 6 nitrogen and oxygen atoms in total.